The number of aryl methyl sites for hydroxylation is 2. The summed E-state index contributed by atoms with van der Waals surface area (Å²) in [6.45, 7) is 6.49. The summed E-state index contributed by atoms with van der Waals surface area (Å²) < 4.78 is 1.64. The Morgan fingerprint density at radius 1 is 1.63 bits per heavy atom. The van der Waals surface area contributed by atoms with Crippen LogP contribution in [0.15, 0.2) is 12.4 Å². The maximum atomic E-state index is 12.1. The molecule has 0 fully saturated rings. The number of hydrogen-bond acceptors (Lipinski definition) is 5. The number of carbonyl (C=O) groups is 1. The van der Waals surface area contributed by atoms with Gasteiger partial charge in [0, 0.05) is 23.8 Å². The molecule has 0 saturated carbocycles. The monoisotopic (exact) mass is 279 g/mol. The minimum absolute atomic E-state index is 0.155. The highest BCUT2D eigenvalue weighted by Crippen LogP contribution is 2.19. The molecule has 2 aromatic rings. The lowest BCUT2D eigenvalue weighted by Gasteiger charge is -2.10. The number of nitrogens with two attached hydrogens (primary N) is 1. The Kier molecular flexibility index (Phi) is 3.84. The Morgan fingerprint density at radius 3 is 2.89 bits per heavy atom. The summed E-state index contributed by atoms with van der Waals surface area (Å²) in [6, 6.07) is -0.155. The van der Waals surface area contributed by atoms with Crippen LogP contribution in [-0.4, -0.2) is 20.7 Å². The fraction of sp³-hybridized carbons (Fsp3) is 0.417. The quantitative estimate of drug-likeness (QED) is 0.892. The van der Waals surface area contributed by atoms with Crippen molar-refractivity contribution in [1.82, 2.24) is 20.1 Å². The molecule has 0 aromatic carbocycles. The van der Waals surface area contributed by atoms with E-state index in [1.165, 1.54) is 0 Å². The van der Waals surface area contributed by atoms with Crippen LogP contribution in [0.5, 0.6) is 0 Å². The summed E-state index contributed by atoms with van der Waals surface area (Å²) in [4.78, 5) is 17.5. The molecule has 0 aliphatic carbocycles. The molecule has 2 heterocycles. The Labute approximate surface area is 115 Å². The van der Waals surface area contributed by atoms with E-state index in [-0.39, 0.29) is 17.6 Å². The Bertz CT molecular complexity index is 589. The van der Waals surface area contributed by atoms with Crippen LogP contribution >= 0.6 is 11.3 Å². The van der Waals surface area contributed by atoms with Crippen LogP contribution in [0.2, 0.25) is 0 Å². The molecular formula is C12H17N5OS. The van der Waals surface area contributed by atoms with Crippen molar-refractivity contribution in [3.8, 4) is 0 Å². The van der Waals surface area contributed by atoms with Gasteiger partial charge in [0.2, 0.25) is 0 Å². The van der Waals surface area contributed by atoms with Crippen molar-refractivity contribution >= 4 is 22.9 Å². The summed E-state index contributed by atoms with van der Waals surface area (Å²) in [5.74, 6) is -0.273. The number of anilines is 1. The van der Waals surface area contributed by atoms with Crippen LogP contribution in [-0.2, 0) is 6.54 Å². The first-order valence-electron chi connectivity index (χ1n) is 6.07. The third-order valence-electron chi connectivity index (χ3n) is 2.69. The smallest absolute Gasteiger partial charge is 0.274 e. The van der Waals surface area contributed by atoms with E-state index in [9.17, 15) is 4.79 Å². The highest BCUT2D eigenvalue weighted by molar-refractivity contribution is 7.11. The second kappa shape index (κ2) is 5.40. The summed E-state index contributed by atoms with van der Waals surface area (Å²) in [5.41, 5.74) is 6.44. The van der Waals surface area contributed by atoms with Gasteiger partial charge in [-0.3, -0.25) is 9.48 Å². The van der Waals surface area contributed by atoms with Crippen molar-refractivity contribution in [1.29, 1.82) is 0 Å². The lowest BCUT2D eigenvalue weighted by atomic mass is 10.3. The topological polar surface area (TPSA) is 85.8 Å². The van der Waals surface area contributed by atoms with Gasteiger partial charge in [-0.2, -0.15) is 5.10 Å². The standard InChI is InChI=1S/C12H17N5OS/c1-4-17-6-9(13)10(16-17)11(18)15-8(3)12-14-5-7(2)19-12/h5-6,8H,4,13H2,1-3H3,(H,15,18). The zero-order chi connectivity index (χ0) is 14.0. The number of carbonyl (C=O) groups excluding carboxylic acids is 1. The number of nitrogens with one attached hydrogen (secondary N) is 1. The number of thiazole rings is 1. The van der Waals surface area contributed by atoms with Crippen molar-refractivity contribution < 1.29 is 4.79 Å². The third-order valence-corrected chi connectivity index (χ3v) is 3.78. The molecule has 19 heavy (non-hydrogen) atoms. The largest absolute Gasteiger partial charge is 0.396 e. The van der Waals surface area contributed by atoms with Crippen LogP contribution < -0.4 is 11.1 Å². The SMILES string of the molecule is CCn1cc(N)c(C(=O)NC(C)c2ncc(C)s2)n1. The van der Waals surface area contributed by atoms with Gasteiger partial charge in [-0.05, 0) is 20.8 Å². The zero-order valence-electron chi connectivity index (χ0n) is 11.2. The molecule has 0 spiro atoms. The second-order valence-electron chi connectivity index (χ2n) is 4.29. The van der Waals surface area contributed by atoms with E-state index in [4.69, 9.17) is 5.73 Å². The van der Waals surface area contributed by atoms with Gasteiger partial charge in [0.25, 0.3) is 5.91 Å². The average Bonchev–Trinajstić information content (AvgIpc) is 2.95. The van der Waals surface area contributed by atoms with Crippen molar-refractivity contribution in [3.05, 3.63) is 28.0 Å². The number of hydrogen-bond donors (Lipinski definition) is 2. The molecule has 1 unspecified atom stereocenters. The molecule has 3 N–H and O–H groups in total. The first kappa shape index (κ1) is 13.5. The van der Waals surface area contributed by atoms with Crippen molar-refractivity contribution in [2.24, 2.45) is 0 Å². The molecule has 0 saturated heterocycles. The fourth-order valence-corrected chi connectivity index (χ4v) is 2.45. The predicted octanol–water partition coefficient (Wildman–Crippen LogP) is 1.74. The third kappa shape index (κ3) is 2.93. The van der Waals surface area contributed by atoms with Crippen molar-refractivity contribution in [3.63, 3.8) is 0 Å². The number of nitrogen functional groups attached to an aromatic ring is 1. The maximum absolute atomic E-state index is 12.1. The van der Waals surface area contributed by atoms with Gasteiger partial charge in [-0.1, -0.05) is 0 Å². The normalized spacial score (nSPS) is 12.4. The number of rotatable bonds is 4. The summed E-state index contributed by atoms with van der Waals surface area (Å²) in [7, 11) is 0. The van der Waals surface area contributed by atoms with E-state index < -0.39 is 0 Å². The summed E-state index contributed by atoms with van der Waals surface area (Å²) in [5, 5.41) is 7.87. The van der Waals surface area contributed by atoms with E-state index in [0.717, 1.165) is 9.88 Å². The lowest BCUT2D eigenvalue weighted by Crippen LogP contribution is -2.27. The van der Waals surface area contributed by atoms with E-state index >= 15 is 0 Å². The Balaban J connectivity index is 2.10. The molecule has 0 bridgehead atoms. The van der Waals surface area contributed by atoms with Crippen molar-refractivity contribution in [2.45, 2.75) is 33.4 Å². The molecule has 0 aliphatic rings. The molecule has 0 aliphatic heterocycles. The molecule has 102 valence electrons. The van der Waals surface area contributed by atoms with E-state index in [1.54, 1.807) is 28.4 Å². The van der Waals surface area contributed by atoms with Gasteiger partial charge in [-0.15, -0.1) is 11.3 Å². The molecule has 1 atom stereocenters. The first-order chi connectivity index (χ1) is 9.01. The van der Waals surface area contributed by atoms with Crippen LogP contribution in [0.3, 0.4) is 0 Å². The molecular weight excluding hydrogens is 262 g/mol. The molecule has 0 radical (unpaired) electrons. The zero-order valence-corrected chi connectivity index (χ0v) is 12.0. The minimum atomic E-state index is -0.273. The van der Waals surface area contributed by atoms with Crippen LogP contribution in [0.4, 0.5) is 5.69 Å². The fourth-order valence-electron chi connectivity index (χ4n) is 1.67. The molecule has 6 nitrogen and oxygen atoms in total. The number of nitrogens with zero attached hydrogens (tertiary/aromatic N) is 3. The summed E-state index contributed by atoms with van der Waals surface area (Å²) >= 11 is 1.56. The van der Waals surface area contributed by atoms with E-state index in [2.05, 4.69) is 15.4 Å². The van der Waals surface area contributed by atoms with Gasteiger partial charge in [0.1, 0.15) is 5.01 Å². The average molecular weight is 279 g/mol. The van der Waals surface area contributed by atoms with Gasteiger partial charge >= 0.3 is 0 Å². The van der Waals surface area contributed by atoms with Crippen LogP contribution in [0.25, 0.3) is 0 Å². The van der Waals surface area contributed by atoms with Gasteiger partial charge in [-0.25, -0.2) is 4.98 Å². The molecule has 2 aromatic heterocycles. The minimum Gasteiger partial charge on any atom is -0.396 e. The predicted molar refractivity (Wildman–Crippen MR) is 75.0 cm³/mol. The molecule has 7 heteroatoms. The highest BCUT2D eigenvalue weighted by atomic mass is 32.1. The maximum Gasteiger partial charge on any atom is 0.274 e. The van der Waals surface area contributed by atoms with Gasteiger partial charge in [0.15, 0.2) is 5.69 Å². The highest BCUT2D eigenvalue weighted by Gasteiger charge is 2.18. The first-order valence-corrected chi connectivity index (χ1v) is 6.89. The van der Waals surface area contributed by atoms with E-state index in [0.29, 0.717) is 12.2 Å². The summed E-state index contributed by atoms with van der Waals surface area (Å²) in [6.07, 6.45) is 3.45. The second-order valence-corrected chi connectivity index (χ2v) is 5.56. The van der Waals surface area contributed by atoms with E-state index in [1.807, 2.05) is 20.8 Å². The molecule has 1 amide bonds. The van der Waals surface area contributed by atoms with Gasteiger partial charge in [0.05, 0.1) is 11.7 Å². The number of amides is 1. The Morgan fingerprint density at radius 2 is 2.37 bits per heavy atom. The molecule has 2 rings (SSSR count). The Hall–Kier alpha value is -1.89. The van der Waals surface area contributed by atoms with Crippen LogP contribution in [0, 0.1) is 6.92 Å². The van der Waals surface area contributed by atoms with Crippen molar-refractivity contribution in [2.75, 3.05) is 5.73 Å². The van der Waals surface area contributed by atoms with Gasteiger partial charge < -0.3 is 11.1 Å². The van der Waals surface area contributed by atoms with Crippen LogP contribution in [0.1, 0.15) is 40.3 Å². The number of aromatic nitrogens is 3. The lowest BCUT2D eigenvalue weighted by molar-refractivity contribution is 0.0935.